The zero-order valence-electron chi connectivity index (χ0n) is 15.4. The van der Waals surface area contributed by atoms with Gasteiger partial charge >= 0.3 is 0 Å². The van der Waals surface area contributed by atoms with Crippen molar-refractivity contribution >= 4 is 11.3 Å². The molecule has 0 saturated carbocycles. The summed E-state index contributed by atoms with van der Waals surface area (Å²) >= 11 is 1.75. The number of benzene rings is 2. The van der Waals surface area contributed by atoms with Gasteiger partial charge in [-0.1, -0.05) is 30.3 Å². The van der Waals surface area contributed by atoms with Gasteiger partial charge in [0.1, 0.15) is 5.01 Å². The summed E-state index contributed by atoms with van der Waals surface area (Å²) in [6.45, 7) is 3.80. The largest absolute Gasteiger partial charge is 0.493 e. The average Bonchev–Trinajstić information content (AvgIpc) is 3.14. The molecule has 5 heteroatoms. The quantitative estimate of drug-likeness (QED) is 0.596. The van der Waals surface area contributed by atoms with E-state index in [4.69, 9.17) is 9.47 Å². The van der Waals surface area contributed by atoms with E-state index < -0.39 is 0 Å². The molecule has 0 aliphatic carbocycles. The number of hydrogen-bond acceptors (Lipinski definition) is 5. The van der Waals surface area contributed by atoms with Gasteiger partial charge in [-0.15, -0.1) is 11.3 Å². The van der Waals surface area contributed by atoms with Gasteiger partial charge in [0, 0.05) is 12.7 Å². The van der Waals surface area contributed by atoms with E-state index >= 15 is 0 Å². The van der Waals surface area contributed by atoms with Crippen LogP contribution in [0.4, 0.5) is 0 Å². The topological polar surface area (TPSA) is 43.4 Å². The predicted octanol–water partition coefficient (Wildman–Crippen LogP) is 4.47. The molecule has 0 spiro atoms. The van der Waals surface area contributed by atoms with Crippen LogP contribution in [0.1, 0.15) is 16.1 Å². The Labute approximate surface area is 158 Å². The minimum atomic E-state index is 0.760. The van der Waals surface area contributed by atoms with Crippen LogP contribution in [0.2, 0.25) is 0 Å². The van der Waals surface area contributed by atoms with E-state index in [-0.39, 0.29) is 0 Å². The van der Waals surface area contributed by atoms with Crippen LogP contribution < -0.4 is 14.8 Å². The maximum absolute atomic E-state index is 5.35. The van der Waals surface area contributed by atoms with Gasteiger partial charge < -0.3 is 14.8 Å². The van der Waals surface area contributed by atoms with Crippen LogP contribution in [0.15, 0.2) is 48.7 Å². The van der Waals surface area contributed by atoms with Crippen molar-refractivity contribution in [3.63, 3.8) is 0 Å². The highest BCUT2D eigenvalue weighted by atomic mass is 32.1. The van der Waals surface area contributed by atoms with Crippen molar-refractivity contribution in [1.29, 1.82) is 0 Å². The molecule has 1 heterocycles. The van der Waals surface area contributed by atoms with E-state index in [0.717, 1.165) is 36.0 Å². The first-order chi connectivity index (χ1) is 12.7. The van der Waals surface area contributed by atoms with E-state index in [1.54, 1.807) is 25.6 Å². The normalized spacial score (nSPS) is 10.7. The number of rotatable bonds is 8. The molecule has 0 amide bonds. The summed E-state index contributed by atoms with van der Waals surface area (Å²) in [6, 6.07) is 14.5. The number of methoxy groups -OCH3 is 2. The van der Waals surface area contributed by atoms with Crippen molar-refractivity contribution in [3.8, 4) is 21.9 Å². The number of aromatic nitrogens is 1. The lowest BCUT2D eigenvalue weighted by Crippen LogP contribution is -2.16. The molecule has 0 unspecified atom stereocenters. The molecule has 3 aromatic rings. The Hall–Kier alpha value is -2.37. The molecule has 1 aromatic heterocycles. The lowest BCUT2D eigenvalue weighted by atomic mass is 10.1. The number of hydrogen-bond donors (Lipinski definition) is 1. The van der Waals surface area contributed by atoms with Crippen LogP contribution in [0, 0.1) is 6.92 Å². The molecule has 0 bridgehead atoms. The minimum Gasteiger partial charge on any atom is -0.493 e. The molecule has 1 N–H and O–H groups in total. The number of aryl methyl sites for hydroxylation is 1. The lowest BCUT2D eigenvalue weighted by molar-refractivity contribution is 0.354. The first-order valence-corrected chi connectivity index (χ1v) is 9.45. The third kappa shape index (κ3) is 4.42. The molecule has 136 valence electrons. The maximum Gasteiger partial charge on any atom is 0.160 e. The summed E-state index contributed by atoms with van der Waals surface area (Å²) in [7, 11) is 3.31. The van der Waals surface area contributed by atoms with E-state index in [1.165, 1.54) is 21.6 Å². The second-order valence-corrected chi connectivity index (χ2v) is 7.16. The molecule has 2 aromatic carbocycles. The molecular formula is C21H24N2O2S. The predicted molar refractivity (Wildman–Crippen MR) is 107 cm³/mol. The first-order valence-electron chi connectivity index (χ1n) is 8.63. The molecule has 0 atom stereocenters. The van der Waals surface area contributed by atoms with Crippen LogP contribution in [0.25, 0.3) is 10.4 Å². The monoisotopic (exact) mass is 368 g/mol. The Balaban J connectivity index is 1.52. The fraction of sp³-hybridized carbons (Fsp3) is 0.286. The molecule has 0 saturated heterocycles. The fourth-order valence-corrected chi connectivity index (χ4v) is 3.81. The summed E-state index contributed by atoms with van der Waals surface area (Å²) < 4.78 is 10.6. The summed E-state index contributed by atoms with van der Waals surface area (Å²) in [6.07, 6.45) is 2.90. The van der Waals surface area contributed by atoms with E-state index in [1.807, 2.05) is 18.3 Å². The zero-order valence-corrected chi connectivity index (χ0v) is 16.2. The van der Waals surface area contributed by atoms with Crippen molar-refractivity contribution in [3.05, 3.63) is 64.8 Å². The Morgan fingerprint density at radius 3 is 2.62 bits per heavy atom. The Kier molecular flexibility index (Phi) is 6.26. The maximum atomic E-state index is 5.35. The van der Waals surface area contributed by atoms with Crippen molar-refractivity contribution in [2.75, 3.05) is 20.8 Å². The second kappa shape index (κ2) is 8.83. The van der Waals surface area contributed by atoms with Crippen LogP contribution in [-0.4, -0.2) is 25.7 Å². The number of ether oxygens (including phenoxy) is 2. The highest BCUT2D eigenvalue weighted by molar-refractivity contribution is 7.15. The van der Waals surface area contributed by atoms with Gasteiger partial charge in [0.2, 0.25) is 0 Å². The highest BCUT2D eigenvalue weighted by Gasteiger charge is 2.07. The molecule has 0 radical (unpaired) electrons. The average molecular weight is 369 g/mol. The molecule has 3 rings (SSSR count). The van der Waals surface area contributed by atoms with E-state index in [9.17, 15) is 0 Å². The SMILES string of the molecule is COc1ccc(CCNCc2ncc(-c3ccccc3C)s2)cc1OC. The van der Waals surface area contributed by atoms with Gasteiger partial charge in [-0.2, -0.15) is 0 Å². The van der Waals surface area contributed by atoms with Crippen molar-refractivity contribution in [2.24, 2.45) is 0 Å². The van der Waals surface area contributed by atoms with Crippen molar-refractivity contribution in [2.45, 2.75) is 19.9 Å². The molecule has 0 fully saturated rings. The first kappa shape index (κ1) is 18.4. The van der Waals surface area contributed by atoms with Crippen LogP contribution >= 0.6 is 11.3 Å². The van der Waals surface area contributed by atoms with Gasteiger partial charge in [-0.25, -0.2) is 4.98 Å². The van der Waals surface area contributed by atoms with Crippen LogP contribution in [0.3, 0.4) is 0 Å². The fourth-order valence-electron chi connectivity index (χ4n) is 2.83. The third-order valence-electron chi connectivity index (χ3n) is 4.28. The van der Waals surface area contributed by atoms with E-state index in [0.29, 0.717) is 0 Å². The number of nitrogens with one attached hydrogen (secondary N) is 1. The highest BCUT2D eigenvalue weighted by Crippen LogP contribution is 2.29. The van der Waals surface area contributed by atoms with Gasteiger partial charge in [-0.3, -0.25) is 0 Å². The van der Waals surface area contributed by atoms with Crippen LogP contribution in [0.5, 0.6) is 11.5 Å². The van der Waals surface area contributed by atoms with Gasteiger partial charge in [0.05, 0.1) is 19.1 Å². The van der Waals surface area contributed by atoms with Gasteiger partial charge in [-0.05, 0) is 48.7 Å². The summed E-state index contributed by atoms with van der Waals surface area (Å²) in [4.78, 5) is 5.77. The molecule has 4 nitrogen and oxygen atoms in total. The second-order valence-electron chi connectivity index (χ2n) is 6.05. The van der Waals surface area contributed by atoms with Crippen molar-refractivity contribution in [1.82, 2.24) is 10.3 Å². The minimum absolute atomic E-state index is 0.760. The Morgan fingerprint density at radius 2 is 1.85 bits per heavy atom. The Bertz CT molecular complexity index is 861. The summed E-state index contributed by atoms with van der Waals surface area (Å²) in [5, 5.41) is 4.58. The number of nitrogens with zero attached hydrogens (tertiary/aromatic N) is 1. The van der Waals surface area contributed by atoms with Gasteiger partial charge in [0.15, 0.2) is 11.5 Å². The lowest BCUT2D eigenvalue weighted by Gasteiger charge is -2.09. The molecule has 26 heavy (non-hydrogen) atoms. The third-order valence-corrected chi connectivity index (χ3v) is 5.31. The number of thiazole rings is 1. The van der Waals surface area contributed by atoms with Crippen LogP contribution in [-0.2, 0) is 13.0 Å². The molecular weight excluding hydrogens is 344 g/mol. The van der Waals surface area contributed by atoms with E-state index in [2.05, 4.69) is 47.6 Å². The molecule has 0 aliphatic heterocycles. The summed E-state index contributed by atoms with van der Waals surface area (Å²) in [5.41, 5.74) is 3.76. The van der Waals surface area contributed by atoms with Crippen molar-refractivity contribution < 1.29 is 9.47 Å². The molecule has 0 aliphatic rings. The summed E-state index contributed by atoms with van der Waals surface area (Å²) in [5.74, 6) is 1.53. The van der Waals surface area contributed by atoms with Gasteiger partial charge in [0.25, 0.3) is 0 Å². The Morgan fingerprint density at radius 1 is 1.04 bits per heavy atom. The zero-order chi connectivity index (χ0) is 18.4. The smallest absolute Gasteiger partial charge is 0.160 e. The standard InChI is InChI=1S/C21H24N2O2S/c1-15-6-4-5-7-17(15)20-13-23-21(26-20)14-22-11-10-16-8-9-18(24-2)19(12-16)25-3/h4-9,12-13,22H,10-11,14H2,1-3H3.